The monoisotopic (exact) mass is 254 g/mol. The van der Waals surface area contributed by atoms with Gasteiger partial charge in [-0.3, -0.25) is 0 Å². The lowest BCUT2D eigenvalue weighted by Gasteiger charge is -2.52. The summed E-state index contributed by atoms with van der Waals surface area (Å²) >= 11 is 0. The molecule has 2 rings (SSSR count). The van der Waals surface area contributed by atoms with E-state index in [9.17, 15) is 4.79 Å². The summed E-state index contributed by atoms with van der Waals surface area (Å²) in [6.07, 6.45) is 4.27. The summed E-state index contributed by atoms with van der Waals surface area (Å²) in [5.74, 6) is 0. The molecular weight excluding hydrogens is 228 g/mol. The normalized spacial score (nSPS) is 32.9. The summed E-state index contributed by atoms with van der Waals surface area (Å²) in [4.78, 5) is 14.3. The van der Waals surface area contributed by atoms with Gasteiger partial charge in [0.1, 0.15) is 5.60 Å². The van der Waals surface area contributed by atoms with Crippen LogP contribution in [0, 0.1) is 0 Å². The van der Waals surface area contributed by atoms with E-state index in [2.05, 4.69) is 12.2 Å². The maximum absolute atomic E-state index is 12.3. The Bertz CT molecular complexity index is 322. The van der Waals surface area contributed by atoms with Crippen molar-refractivity contribution in [1.82, 2.24) is 10.2 Å². The number of carbonyl (C=O) groups excluding carboxylic acids is 1. The second kappa shape index (κ2) is 4.72. The van der Waals surface area contributed by atoms with Crippen molar-refractivity contribution in [3.05, 3.63) is 0 Å². The fourth-order valence-corrected chi connectivity index (χ4v) is 3.18. The molecule has 4 nitrogen and oxygen atoms in total. The number of carbonyl (C=O) groups is 1. The number of nitrogens with zero attached hydrogens (tertiary/aromatic N) is 1. The van der Waals surface area contributed by atoms with Gasteiger partial charge in [-0.1, -0.05) is 0 Å². The zero-order chi connectivity index (χ0) is 13.4. The van der Waals surface area contributed by atoms with Gasteiger partial charge < -0.3 is 15.0 Å². The molecule has 1 amide bonds. The minimum absolute atomic E-state index is 0.0706. The molecule has 0 spiro atoms. The highest BCUT2D eigenvalue weighted by atomic mass is 16.6. The fourth-order valence-electron chi connectivity index (χ4n) is 3.18. The van der Waals surface area contributed by atoms with Gasteiger partial charge in [-0.15, -0.1) is 0 Å². The van der Waals surface area contributed by atoms with E-state index in [4.69, 9.17) is 4.74 Å². The van der Waals surface area contributed by atoms with Gasteiger partial charge in [-0.25, -0.2) is 4.79 Å². The first-order valence-corrected chi connectivity index (χ1v) is 7.07. The number of nitrogens with one attached hydrogen (secondary N) is 1. The molecule has 0 radical (unpaired) electrons. The predicted octanol–water partition coefficient (Wildman–Crippen LogP) is 2.53. The van der Waals surface area contributed by atoms with Gasteiger partial charge in [-0.2, -0.15) is 0 Å². The number of hydrogen-bond acceptors (Lipinski definition) is 3. The minimum atomic E-state index is -0.414. The average Bonchev–Trinajstić information content (AvgIpc) is 2.25. The summed E-state index contributed by atoms with van der Waals surface area (Å²) in [6, 6.07) is 0.424. The van der Waals surface area contributed by atoms with Crippen LogP contribution in [0.3, 0.4) is 0 Å². The van der Waals surface area contributed by atoms with E-state index in [-0.39, 0.29) is 11.6 Å². The maximum Gasteiger partial charge on any atom is 0.410 e. The topological polar surface area (TPSA) is 41.6 Å². The molecule has 0 aromatic carbocycles. The molecule has 0 saturated carbocycles. The molecule has 2 fully saturated rings. The third-order valence-corrected chi connectivity index (χ3v) is 4.11. The van der Waals surface area contributed by atoms with Crippen LogP contribution in [0.25, 0.3) is 0 Å². The molecule has 2 aliphatic rings. The van der Waals surface area contributed by atoms with Gasteiger partial charge in [0.2, 0.25) is 0 Å². The first kappa shape index (κ1) is 13.7. The molecule has 0 bridgehead atoms. The summed E-state index contributed by atoms with van der Waals surface area (Å²) in [5.41, 5.74) is -0.485. The van der Waals surface area contributed by atoms with Crippen LogP contribution >= 0.6 is 0 Å². The van der Waals surface area contributed by atoms with Crippen molar-refractivity contribution >= 4 is 6.09 Å². The lowest BCUT2D eigenvalue weighted by Crippen LogP contribution is -2.66. The Labute approximate surface area is 110 Å². The second-order valence-corrected chi connectivity index (χ2v) is 6.74. The highest BCUT2D eigenvalue weighted by Crippen LogP contribution is 2.35. The average molecular weight is 254 g/mol. The maximum atomic E-state index is 12.3. The summed E-state index contributed by atoms with van der Waals surface area (Å²) in [5, 5.41) is 3.56. The molecule has 2 aliphatic heterocycles. The predicted molar refractivity (Wildman–Crippen MR) is 71.6 cm³/mol. The van der Waals surface area contributed by atoms with E-state index in [1.807, 2.05) is 25.7 Å². The number of amides is 1. The van der Waals surface area contributed by atoms with E-state index in [0.717, 1.165) is 38.8 Å². The third-order valence-electron chi connectivity index (χ3n) is 4.11. The van der Waals surface area contributed by atoms with Crippen molar-refractivity contribution in [3.8, 4) is 0 Å². The Kier molecular flexibility index (Phi) is 3.58. The van der Waals surface area contributed by atoms with Crippen molar-refractivity contribution < 1.29 is 9.53 Å². The van der Waals surface area contributed by atoms with Crippen LogP contribution in [-0.2, 0) is 4.74 Å². The highest BCUT2D eigenvalue weighted by molar-refractivity contribution is 5.69. The van der Waals surface area contributed by atoms with Crippen LogP contribution in [-0.4, -0.2) is 41.3 Å². The number of likely N-dealkylation sites (tertiary alicyclic amines) is 1. The minimum Gasteiger partial charge on any atom is -0.444 e. The van der Waals surface area contributed by atoms with Crippen molar-refractivity contribution in [1.29, 1.82) is 0 Å². The number of rotatable bonds is 0. The summed E-state index contributed by atoms with van der Waals surface area (Å²) in [7, 11) is 0. The first-order valence-electron chi connectivity index (χ1n) is 7.07. The van der Waals surface area contributed by atoms with Gasteiger partial charge in [0.15, 0.2) is 0 Å². The van der Waals surface area contributed by atoms with Gasteiger partial charge in [-0.05, 0) is 59.9 Å². The number of fused-ring (bicyclic) bond motifs is 1. The van der Waals surface area contributed by atoms with Crippen molar-refractivity contribution in [2.24, 2.45) is 0 Å². The molecule has 18 heavy (non-hydrogen) atoms. The van der Waals surface area contributed by atoms with Gasteiger partial charge >= 0.3 is 6.09 Å². The zero-order valence-corrected chi connectivity index (χ0v) is 12.1. The van der Waals surface area contributed by atoms with Crippen LogP contribution in [0.5, 0.6) is 0 Å². The van der Waals surface area contributed by atoms with E-state index in [1.165, 1.54) is 0 Å². The molecule has 0 unspecified atom stereocenters. The van der Waals surface area contributed by atoms with Crippen molar-refractivity contribution in [2.45, 2.75) is 70.6 Å². The highest BCUT2D eigenvalue weighted by Gasteiger charge is 2.46. The molecule has 4 heteroatoms. The molecule has 2 saturated heterocycles. The lowest BCUT2D eigenvalue weighted by atomic mass is 9.77. The lowest BCUT2D eigenvalue weighted by molar-refractivity contribution is -0.0310. The largest absolute Gasteiger partial charge is 0.444 e. The van der Waals surface area contributed by atoms with E-state index in [0.29, 0.717) is 6.04 Å². The van der Waals surface area contributed by atoms with E-state index >= 15 is 0 Å². The van der Waals surface area contributed by atoms with Crippen LogP contribution in [0.2, 0.25) is 0 Å². The van der Waals surface area contributed by atoms with Crippen LogP contribution in [0.15, 0.2) is 0 Å². The molecular formula is C14H26N2O2. The fraction of sp³-hybridized carbons (Fsp3) is 0.929. The smallest absolute Gasteiger partial charge is 0.410 e. The molecule has 1 N–H and O–H groups in total. The van der Waals surface area contributed by atoms with Gasteiger partial charge in [0, 0.05) is 12.6 Å². The molecule has 0 aliphatic carbocycles. The SMILES string of the molecule is CC(C)(C)OC(=O)N1CCC[C@H]2NCCC[C@@]21C. The quantitative estimate of drug-likeness (QED) is 0.722. The standard InChI is InChI=1S/C14H26N2O2/c1-13(2,3)18-12(17)16-10-5-7-11-14(16,4)8-6-9-15-11/h11,15H,5-10H2,1-4H3/t11-,14+/m1/s1. The Hall–Kier alpha value is -0.770. The molecule has 2 atom stereocenters. The van der Waals surface area contributed by atoms with Gasteiger partial charge in [0.25, 0.3) is 0 Å². The van der Waals surface area contributed by atoms with Crippen molar-refractivity contribution in [3.63, 3.8) is 0 Å². The Morgan fingerprint density at radius 2 is 2.11 bits per heavy atom. The second-order valence-electron chi connectivity index (χ2n) is 6.74. The van der Waals surface area contributed by atoms with E-state index in [1.54, 1.807) is 0 Å². The number of piperidine rings is 2. The van der Waals surface area contributed by atoms with Gasteiger partial charge in [0.05, 0.1) is 5.54 Å². The Morgan fingerprint density at radius 1 is 1.39 bits per heavy atom. The summed E-state index contributed by atoms with van der Waals surface area (Å²) in [6.45, 7) is 9.87. The molecule has 104 valence electrons. The van der Waals surface area contributed by atoms with Crippen LogP contribution in [0.1, 0.15) is 53.4 Å². The molecule has 0 aromatic heterocycles. The third kappa shape index (κ3) is 2.63. The zero-order valence-electron chi connectivity index (χ0n) is 12.1. The number of ether oxygens (including phenoxy) is 1. The molecule has 0 aromatic rings. The number of hydrogen-bond donors (Lipinski definition) is 1. The Morgan fingerprint density at radius 3 is 2.78 bits per heavy atom. The van der Waals surface area contributed by atoms with Crippen LogP contribution in [0.4, 0.5) is 4.79 Å². The van der Waals surface area contributed by atoms with Crippen LogP contribution < -0.4 is 5.32 Å². The van der Waals surface area contributed by atoms with E-state index < -0.39 is 5.60 Å². The molecule has 2 heterocycles. The van der Waals surface area contributed by atoms with Crippen molar-refractivity contribution in [2.75, 3.05) is 13.1 Å². The first-order chi connectivity index (χ1) is 8.33. The summed E-state index contributed by atoms with van der Waals surface area (Å²) < 4.78 is 5.55. The Balaban J connectivity index is 2.13.